The smallest absolute Gasteiger partial charge is 0.248 e. The third kappa shape index (κ3) is 10.1. The second-order valence-corrected chi connectivity index (χ2v) is 24.3. The van der Waals surface area contributed by atoms with Crippen LogP contribution in [0.4, 0.5) is 11.6 Å². The number of aryl methyl sites for hydroxylation is 4. The Hall–Kier alpha value is -8.06. The number of piperidine rings is 1. The monoisotopic (exact) mass is 1260 g/mol. The number of carbonyl (C=O) groups is 5. The Kier molecular flexibility index (Phi) is 14.7. The summed E-state index contributed by atoms with van der Waals surface area (Å²) in [5.41, 5.74) is 4.19. The summed E-state index contributed by atoms with van der Waals surface area (Å²) in [6.07, 6.45) is 11.2. The predicted octanol–water partition coefficient (Wildman–Crippen LogP) is 7.61. The zero-order valence-corrected chi connectivity index (χ0v) is 50.2. The predicted molar refractivity (Wildman–Crippen MR) is 317 cm³/mol. The number of nitrogens with zero attached hydrogens (tertiary/aromatic N) is 13. The molecule has 1 aromatic carbocycles. The van der Waals surface area contributed by atoms with E-state index in [1.165, 1.54) is 22.7 Å². The number of ether oxygens (including phenoxy) is 1. The number of pyridine rings is 3. The fraction of sp³-hybridized carbons (Fsp3) is 0.367. The largest absolute Gasteiger partial charge is 0.390 e. The molecule has 2 aliphatic heterocycles. The Balaban J connectivity index is 0.796. The first-order valence-corrected chi connectivity index (χ1v) is 29.2. The number of halogens is 2. The molecule has 3 fully saturated rings. The number of aliphatic hydroxyl groups excluding tert-OH is 1. The van der Waals surface area contributed by atoms with Crippen LogP contribution in [0.5, 0.6) is 0 Å². The molecule has 2 aliphatic carbocycles. The topological polar surface area (TPSA) is 271 Å². The maximum absolute atomic E-state index is 14.9. The van der Waals surface area contributed by atoms with Crippen molar-refractivity contribution in [3.8, 4) is 22.4 Å². The SMILES string of the molecule is CC(=O)c1nn(CC(=O)N2[C@H](C(=O)Nc3nc(Br)ccc3C)C[C@@]3(C(O)COCC(=O)c4nn(CC(=O)N5[C@@H](CNc6nc(Br)ccc6C)C[C@]6(C)[C@H](C)[C@H]56)c5ccc(-c6cnc(C)nc6)cc45)C=C[C@@H]23)c2cnc(-c3cnc(C)nc3)cc12. The second kappa shape index (κ2) is 21.8. The summed E-state index contributed by atoms with van der Waals surface area (Å²) in [7, 11) is 0. The summed E-state index contributed by atoms with van der Waals surface area (Å²) < 4.78 is 10.3. The Labute approximate surface area is 499 Å². The van der Waals surface area contributed by atoms with Crippen molar-refractivity contribution in [2.24, 2.45) is 16.7 Å². The molecule has 0 spiro atoms. The van der Waals surface area contributed by atoms with Gasteiger partial charge in [0.05, 0.1) is 41.7 Å². The number of carbonyl (C=O) groups excluding carboxylic acids is 5. The number of nitrogens with one attached hydrogen (secondary N) is 2. The number of rotatable bonds is 18. The highest BCUT2D eigenvalue weighted by Gasteiger charge is 2.68. The molecule has 7 aromatic heterocycles. The lowest BCUT2D eigenvalue weighted by molar-refractivity contribution is -0.139. The summed E-state index contributed by atoms with van der Waals surface area (Å²) in [5.74, 6) is 0.495. The molecule has 0 bridgehead atoms. The molecular weight excluding hydrogens is 1200 g/mol. The average Bonchev–Trinajstić information content (AvgIpc) is 1.55. The fourth-order valence-corrected chi connectivity index (χ4v) is 13.2. The molecule has 3 amide bonds. The van der Waals surface area contributed by atoms with Crippen LogP contribution < -0.4 is 10.6 Å². The van der Waals surface area contributed by atoms with Crippen molar-refractivity contribution in [3.05, 3.63) is 135 Å². The number of aliphatic hydroxyl groups is 1. The van der Waals surface area contributed by atoms with Crippen LogP contribution in [0.2, 0.25) is 0 Å². The van der Waals surface area contributed by atoms with Crippen molar-refractivity contribution >= 4 is 94.6 Å². The van der Waals surface area contributed by atoms with Crippen LogP contribution in [-0.2, 0) is 32.2 Å². The molecule has 8 aromatic rings. The number of amides is 3. The van der Waals surface area contributed by atoms with Gasteiger partial charge in [0.1, 0.15) is 69.6 Å². The van der Waals surface area contributed by atoms with Gasteiger partial charge in [0.15, 0.2) is 5.78 Å². The second-order valence-electron chi connectivity index (χ2n) is 22.7. The third-order valence-corrected chi connectivity index (χ3v) is 18.3. The van der Waals surface area contributed by atoms with Gasteiger partial charge in [-0.1, -0.05) is 44.2 Å². The summed E-state index contributed by atoms with van der Waals surface area (Å²) in [6.45, 7) is 12.3. The minimum atomic E-state index is -1.32. The lowest BCUT2D eigenvalue weighted by Gasteiger charge is -2.43. The summed E-state index contributed by atoms with van der Waals surface area (Å²) in [5, 5.41) is 29.0. The zero-order chi connectivity index (χ0) is 59.1. The number of likely N-dealkylation sites (tertiary alicyclic amines) is 2. The summed E-state index contributed by atoms with van der Waals surface area (Å²) >= 11 is 6.87. The minimum Gasteiger partial charge on any atom is -0.390 e. The molecule has 22 nitrogen and oxygen atoms in total. The van der Waals surface area contributed by atoms with Crippen LogP contribution >= 0.6 is 31.9 Å². The number of fused-ring (bicyclic) bond motifs is 4. The molecule has 2 saturated heterocycles. The molecule has 1 unspecified atom stereocenters. The van der Waals surface area contributed by atoms with E-state index in [2.05, 4.69) is 96.3 Å². The molecule has 24 heteroatoms. The van der Waals surface area contributed by atoms with Gasteiger partial charge in [-0.05, 0) is 131 Å². The van der Waals surface area contributed by atoms with Crippen molar-refractivity contribution in [3.63, 3.8) is 0 Å². The number of benzene rings is 1. The Morgan fingerprint density at radius 2 is 1.36 bits per heavy atom. The van der Waals surface area contributed by atoms with E-state index in [1.807, 2.05) is 42.2 Å². The molecule has 12 rings (SSSR count). The Morgan fingerprint density at radius 1 is 0.738 bits per heavy atom. The molecule has 8 atom stereocenters. The van der Waals surface area contributed by atoms with Crippen LogP contribution in [-0.4, -0.2) is 149 Å². The van der Waals surface area contributed by atoms with Gasteiger partial charge in [-0.15, -0.1) is 0 Å². The van der Waals surface area contributed by atoms with Crippen LogP contribution in [0.25, 0.3) is 44.2 Å². The standard InChI is InChI=1S/C60H59Br2N15O7/c1-30-8-12-49(61)69-56(30)68-24-39-18-59(7)32(3)55(59)76(39)51(81)26-74-43-11-10-36(37-20-63-34(5)64-21-37)16-40(43)54(73-74)46(79)28-84-29-48(80)60-15-14-47(60)77(44(19-60)58(83)71-57-31(2)9-13-50(62)70-57)52(82)27-75-45-25-67-42(38-22-65-35(6)66-23-38)17-41(45)53(72-75)33(4)78/h8-17,20-23,25,32,39,44,47-48,55,80H,18-19,24,26-29H2,1-7H3,(H,68,69)(H,70,71,83)/t32-,39-,44+,47-,48?,55+,59-,60+/m1/s1. The molecule has 0 radical (unpaired) electrons. The maximum atomic E-state index is 14.9. The highest BCUT2D eigenvalue weighted by molar-refractivity contribution is 9.10. The lowest BCUT2D eigenvalue weighted by atomic mass is 9.67. The number of hydrogen-bond donors (Lipinski definition) is 3. The number of ketones is 2. The third-order valence-electron chi connectivity index (χ3n) is 17.4. The van der Waals surface area contributed by atoms with Crippen LogP contribution in [0.15, 0.2) is 101 Å². The van der Waals surface area contributed by atoms with Gasteiger partial charge < -0.3 is 30.3 Å². The normalized spacial score (nSPS) is 22.4. The van der Waals surface area contributed by atoms with Gasteiger partial charge in [-0.3, -0.25) is 38.3 Å². The molecular formula is C60H59Br2N15O7. The summed E-state index contributed by atoms with van der Waals surface area (Å²) in [4.78, 5) is 106. The van der Waals surface area contributed by atoms with Crippen LogP contribution in [0, 0.1) is 44.4 Å². The van der Waals surface area contributed by atoms with Crippen molar-refractivity contribution in [1.29, 1.82) is 0 Å². The van der Waals surface area contributed by atoms with E-state index in [-0.39, 0.29) is 72.5 Å². The van der Waals surface area contributed by atoms with Gasteiger partial charge in [0.25, 0.3) is 0 Å². The van der Waals surface area contributed by atoms with Crippen LogP contribution in [0.1, 0.15) is 77.4 Å². The number of aromatic nitrogens is 11. The molecule has 430 valence electrons. The van der Waals surface area contributed by atoms with Gasteiger partial charge in [-0.2, -0.15) is 10.2 Å². The lowest BCUT2D eigenvalue weighted by Crippen LogP contribution is -2.54. The van der Waals surface area contributed by atoms with Crippen LogP contribution in [0.3, 0.4) is 0 Å². The van der Waals surface area contributed by atoms with E-state index in [0.717, 1.165) is 23.4 Å². The first-order valence-electron chi connectivity index (χ1n) is 27.6. The van der Waals surface area contributed by atoms with E-state index < -0.39 is 47.8 Å². The van der Waals surface area contributed by atoms with Crippen molar-refractivity contribution < 1.29 is 33.8 Å². The number of anilines is 2. The number of Topliss-reactive ketones (excluding diaryl/α,β-unsaturated/α-hetero) is 2. The molecule has 4 aliphatic rings. The Bertz CT molecular complexity index is 4040. The van der Waals surface area contributed by atoms with E-state index in [1.54, 1.807) is 80.6 Å². The highest BCUT2D eigenvalue weighted by atomic mass is 79.9. The first kappa shape index (κ1) is 56.4. The average molecular weight is 1260 g/mol. The van der Waals surface area contributed by atoms with Crippen molar-refractivity contribution in [1.82, 2.24) is 64.2 Å². The molecule has 3 N–H and O–H groups in total. The van der Waals surface area contributed by atoms with E-state index in [4.69, 9.17) is 9.84 Å². The summed E-state index contributed by atoms with van der Waals surface area (Å²) in [6, 6.07) is 12.7. The van der Waals surface area contributed by atoms with Gasteiger partial charge in [-0.25, -0.2) is 29.9 Å². The molecule has 1 saturated carbocycles. The Morgan fingerprint density at radius 3 is 2.02 bits per heavy atom. The van der Waals surface area contributed by atoms with Gasteiger partial charge >= 0.3 is 0 Å². The first-order chi connectivity index (χ1) is 40.2. The van der Waals surface area contributed by atoms with Crippen molar-refractivity contribution in [2.45, 2.75) is 105 Å². The maximum Gasteiger partial charge on any atom is 0.248 e. The quantitative estimate of drug-likeness (QED) is 0.0424. The highest BCUT2D eigenvalue weighted by Crippen LogP contribution is 2.64. The zero-order valence-electron chi connectivity index (χ0n) is 47.0. The van der Waals surface area contributed by atoms with Crippen molar-refractivity contribution in [2.75, 3.05) is 30.4 Å². The minimum absolute atomic E-state index is 0.0127. The van der Waals surface area contributed by atoms with E-state index >= 15 is 0 Å². The van der Waals surface area contributed by atoms with Gasteiger partial charge in [0, 0.05) is 77.7 Å². The van der Waals surface area contributed by atoms with Gasteiger partial charge in [0.2, 0.25) is 23.5 Å². The van der Waals surface area contributed by atoms with E-state index in [9.17, 15) is 29.1 Å². The molecule has 84 heavy (non-hydrogen) atoms. The van der Waals surface area contributed by atoms with E-state index in [0.29, 0.717) is 77.5 Å². The molecule has 9 heterocycles. The fourth-order valence-electron chi connectivity index (χ4n) is 12.6. The number of hydrogen-bond acceptors (Lipinski definition) is 17.